The Morgan fingerprint density at radius 2 is 1.17 bits per heavy atom. The SMILES string of the molecule is CCC(=CC(C)c1ccc(C(=O)C(C)(C)O)cc1)c1ccc(C(=O)C(C)(C)O)cc1. The van der Waals surface area contributed by atoms with Gasteiger partial charge in [0.1, 0.15) is 11.2 Å². The lowest BCUT2D eigenvalue weighted by Gasteiger charge is -2.17. The first-order chi connectivity index (χ1) is 13.8. The fourth-order valence-corrected chi connectivity index (χ4v) is 3.30. The summed E-state index contributed by atoms with van der Waals surface area (Å²) in [6.07, 6.45) is 3.01. The van der Waals surface area contributed by atoms with Crippen LogP contribution in [-0.4, -0.2) is 33.0 Å². The molecule has 0 fully saturated rings. The lowest BCUT2D eigenvalue weighted by atomic mass is 9.90. The molecule has 2 aromatic carbocycles. The molecule has 0 spiro atoms. The Kier molecular flexibility index (Phi) is 7.17. The van der Waals surface area contributed by atoms with Crippen LogP contribution in [-0.2, 0) is 0 Å². The van der Waals surface area contributed by atoms with E-state index in [9.17, 15) is 19.8 Å². The minimum absolute atomic E-state index is 0.129. The monoisotopic (exact) mass is 408 g/mol. The van der Waals surface area contributed by atoms with Crippen LogP contribution in [0.2, 0.25) is 0 Å². The van der Waals surface area contributed by atoms with Gasteiger partial charge >= 0.3 is 0 Å². The van der Waals surface area contributed by atoms with Crippen molar-refractivity contribution in [3.8, 4) is 0 Å². The largest absolute Gasteiger partial charge is 0.382 e. The molecule has 0 aromatic heterocycles. The molecule has 2 rings (SSSR count). The molecule has 2 N–H and O–H groups in total. The lowest BCUT2D eigenvalue weighted by Crippen LogP contribution is -2.31. The normalized spacial score (nSPS) is 13.8. The van der Waals surface area contributed by atoms with E-state index < -0.39 is 11.2 Å². The minimum Gasteiger partial charge on any atom is -0.382 e. The molecule has 0 aliphatic rings. The Labute approximate surface area is 179 Å². The summed E-state index contributed by atoms with van der Waals surface area (Å²) in [7, 11) is 0. The maximum Gasteiger partial charge on any atom is 0.193 e. The van der Waals surface area contributed by atoms with Gasteiger partial charge in [-0.15, -0.1) is 0 Å². The number of allylic oxidation sites excluding steroid dienone is 2. The van der Waals surface area contributed by atoms with E-state index in [4.69, 9.17) is 0 Å². The molecular weight excluding hydrogens is 376 g/mol. The summed E-state index contributed by atoms with van der Waals surface area (Å²) in [6, 6.07) is 14.7. The number of benzene rings is 2. The molecule has 4 nitrogen and oxygen atoms in total. The Morgan fingerprint density at radius 1 is 0.800 bits per heavy atom. The summed E-state index contributed by atoms with van der Waals surface area (Å²) >= 11 is 0. The Balaban J connectivity index is 2.23. The van der Waals surface area contributed by atoms with Crippen LogP contribution in [0.1, 0.15) is 85.7 Å². The highest BCUT2D eigenvalue weighted by Crippen LogP contribution is 2.27. The van der Waals surface area contributed by atoms with Gasteiger partial charge in [0.15, 0.2) is 11.6 Å². The molecule has 0 heterocycles. The fraction of sp³-hybridized carbons (Fsp3) is 0.385. The van der Waals surface area contributed by atoms with Crippen molar-refractivity contribution < 1.29 is 19.8 Å². The maximum atomic E-state index is 12.2. The van der Waals surface area contributed by atoms with Crippen molar-refractivity contribution in [2.24, 2.45) is 0 Å². The van der Waals surface area contributed by atoms with Crippen LogP contribution in [0, 0.1) is 0 Å². The first kappa shape index (κ1) is 23.7. The summed E-state index contributed by atoms with van der Waals surface area (Å²) in [6.45, 7) is 10.1. The summed E-state index contributed by atoms with van der Waals surface area (Å²) in [5.41, 5.74) is 1.46. The highest BCUT2D eigenvalue weighted by molar-refractivity contribution is 6.02. The standard InChI is InChI=1S/C26H32O4/c1-7-18(20-10-14-22(15-11-20)24(28)26(5,6)30)16-17(2)19-8-12-21(13-9-19)23(27)25(3,4)29/h8-17,29-30H,7H2,1-6H3. The minimum atomic E-state index is -1.39. The van der Waals surface area contributed by atoms with Crippen LogP contribution in [0.4, 0.5) is 0 Å². The number of carbonyl (C=O) groups excluding carboxylic acids is 2. The van der Waals surface area contributed by atoms with Gasteiger partial charge in [-0.1, -0.05) is 68.5 Å². The Bertz CT molecular complexity index is 921. The second-order valence-electron chi connectivity index (χ2n) is 8.81. The molecule has 0 bridgehead atoms. The zero-order valence-corrected chi connectivity index (χ0v) is 18.7. The second-order valence-corrected chi connectivity index (χ2v) is 8.81. The average molecular weight is 409 g/mol. The van der Waals surface area contributed by atoms with Crippen molar-refractivity contribution in [3.63, 3.8) is 0 Å². The second kappa shape index (κ2) is 9.07. The van der Waals surface area contributed by atoms with Gasteiger partial charge in [0.2, 0.25) is 0 Å². The Hall–Kier alpha value is -2.56. The van der Waals surface area contributed by atoms with E-state index in [1.165, 1.54) is 27.7 Å². The first-order valence-electron chi connectivity index (χ1n) is 10.3. The van der Waals surface area contributed by atoms with E-state index >= 15 is 0 Å². The number of rotatable bonds is 8. The molecule has 0 radical (unpaired) electrons. The van der Waals surface area contributed by atoms with Crippen molar-refractivity contribution in [2.75, 3.05) is 0 Å². The summed E-state index contributed by atoms with van der Waals surface area (Å²) < 4.78 is 0. The molecule has 0 amide bonds. The van der Waals surface area contributed by atoms with Gasteiger partial charge in [0.05, 0.1) is 0 Å². The highest BCUT2D eigenvalue weighted by atomic mass is 16.3. The Morgan fingerprint density at radius 3 is 1.53 bits per heavy atom. The maximum absolute atomic E-state index is 12.2. The van der Waals surface area contributed by atoms with Crippen molar-refractivity contribution in [2.45, 2.75) is 65.1 Å². The van der Waals surface area contributed by atoms with Gasteiger partial charge in [-0.25, -0.2) is 0 Å². The predicted octanol–water partition coefficient (Wildman–Crippen LogP) is 5.19. The van der Waals surface area contributed by atoms with E-state index in [2.05, 4.69) is 19.9 Å². The number of hydrogen-bond acceptors (Lipinski definition) is 4. The zero-order chi connectivity index (χ0) is 22.7. The molecule has 0 aliphatic heterocycles. The highest BCUT2D eigenvalue weighted by Gasteiger charge is 2.26. The van der Waals surface area contributed by atoms with Gasteiger partial charge in [0, 0.05) is 11.1 Å². The third kappa shape index (κ3) is 5.74. The lowest BCUT2D eigenvalue weighted by molar-refractivity contribution is 0.0487. The quantitative estimate of drug-likeness (QED) is 0.590. The molecule has 2 aromatic rings. The van der Waals surface area contributed by atoms with Gasteiger partial charge in [0.25, 0.3) is 0 Å². The molecule has 1 unspecified atom stereocenters. The summed E-state index contributed by atoms with van der Waals surface area (Å²) in [5.74, 6) is -0.471. The average Bonchev–Trinajstić information content (AvgIpc) is 2.69. The number of ketones is 2. The molecule has 30 heavy (non-hydrogen) atoms. The number of Topliss-reactive ketones (excluding diaryl/α,β-unsaturated/α-hetero) is 2. The van der Waals surface area contributed by atoms with Gasteiger partial charge < -0.3 is 10.2 Å². The summed E-state index contributed by atoms with van der Waals surface area (Å²) in [5, 5.41) is 19.8. The smallest absolute Gasteiger partial charge is 0.193 e. The molecule has 0 saturated carbocycles. The third-order valence-electron chi connectivity index (χ3n) is 5.16. The van der Waals surface area contributed by atoms with Crippen LogP contribution < -0.4 is 0 Å². The predicted molar refractivity (Wildman–Crippen MR) is 121 cm³/mol. The zero-order valence-electron chi connectivity index (χ0n) is 18.7. The van der Waals surface area contributed by atoms with E-state index in [1.54, 1.807) is 24.3 Å². The van der Waals surface area contributed by atoms with E-state index in [0.29, 0.717) is 11.1 Å². The van der Waals surface area contributed by atoms with Gasteiger partial charge in [-0.05, 0) is 56.7 Å². The van der Waals surface area contributed by atoms with Gasteiger partial charge in [-0.3, -0.25) is 9.59 Å². The number of aliphatic hydroxyl groups is 2. The van der Waals surface area contributed by atoms with Crippen LogP contribution in [0.25, 0.3) is 5.57 Å². The summed E-state index contributed by atoms with van der Waals surface area (Å²) in [4.78, 5) is 24.4. The van der Waals surface area contributed by atoms with Crippen molar-refractivity contribution in [1.82, 2.24) is 0 Å². The molecule has 0 saturated heterocycles. The number of hydrogen-bond donors (Lipinski definition) is 2. The first-order valence-corrected chi connectivity index (χ1v) is 10.3. The molecule has 160 valence electrons. The fourth-order valence-electron chi connectivity index (χ4n) is 3.30. The van der Waals surface area contributed by atoms with Crippen LogP contribution in [0.5, 0.6) is 0 Å². The van der Waals surface area contributed by atoms with Crippen molar-refractivity contribution in [1.29, 1.82) is 0 Å². The molecular formula is C26H32O4. The molecule has 1 atom stereocenters. The number of carbonyl (C=O) groups is 2. The van der Waals surface area contributed by atoms with Crippen molar-refractivity contribution in [3.05, 3.63) is 76.9 Å². The molecule has 0 aliphatic carbocycles. The van der Waals surface area contributed by atoms with E-state index in [1.807, 2.05) is 24.3 Å². The van der Waals surface area contributed by atoms with E-state index in [0.717, 1.165) is 23.1 Å². The van der Waals surface area contributed by atoms with Crippen LogP contribution >= 0.6 is 0 Å². The molecule has 4 heteroatoms. The van der Waals surface area contributed by atoms with Crippen molar-refractivity contribution >= 4 is 17.1 Å². The van der Waals surface area contributed by atoms with Crippen LogP contribution in [0.3, 0.4) is 0 Å². The van der Waals surface area contributed by atoms with Crippen LogP contribution in [0.15, 0.2) is 54.6 Å². The van der Waals surface area contributed by atoms with E-state index in [-0.39, 0.29) is 17.5 Å². The topological polar surface area (TPSA) is 74.6 Å². The third-order valence-corrected chi connectivity index (χ3v) is 5.16. The van der Waals surface area contributed by atoms with Gasteiger partial charge in [-0.2, -0.15) is 0 Å².